The minimum atomic E-state index is -4.41. The van der Waals surface area contributed by atoms with Gasteiger partial charge in [0.05, 0.1) is 29.4 Å². The standard InChI is InChI=1S/C31H32F3N5O3/c1-19(20-7-3-2-4-8-20)42-24-12-6-10-22(14-24)21-9-5-11-23(13-21)39-29(27(16-35-39)30(40)41)26-15-25(26)28-17-38(37-36-28)18-31(32,33)34/h5-6,9-14,16-17,19-20,25-26H,2-4,7-8,15,18H2,1H3,(H,40,41)/t19-,25?,26?/m0/s1. The molecule has 2 aromatic heterocycles. The van der Waals surface area contributed by atoms with Crippen molar-refractivity contribution in [1.29, 1.82) is 0 Å². The smallest absolute Gasteiger partial charge is 0.408 e. The van der Waals surface area contributed by atoms with Crippen molar-refractivity contribution in [2.24, 2.45) is 5.92 Å². The van der Waals surface area contributed by atoms with Gasteiger partial charge in [0.15, 0.2) is 0 Å². The third-order valence-corrected chi connectivity index (χ3v) is 8.35. The Morgan fingerprint density at radius 2 is 1.81 bits per heavy atom. The fraction of sp³-hybridized carbons (Fsp3) is 0.419. The summed E-state index contributed by atoms with van der Waals surface area (Å²) >= 11 is 0. The summed E-state index contributed by atoms with van der Waals surface area (Å²) in [7, 11) is 0. The van der Waals surface area contributed by atoms with Crippen LogP contribution in [0.3, 0.4) is 0 Å². The zero-order valence-corrected chi connectivity index (χ0v) is 23.2. The van der Waals surface area contributed by atoms with Gasteiger partial charge in [0, 0.05) is 18.0 Å². The molecule has 2 aromatic carbocycles. The Bertz CT molecular complexity index is 1570. The molecule has 2 heterocycles. The quantitative estimate of drug-likeness (QED) is 0.229. The van der Waals surface area contributed by atoms with Crippen LogP contribution in [0.5, 0.6) is 5.75 Å². The predicted octanol–water partition coefficient (Wildman–Crippen LogP) is 7.01. The fourth-order valence-corrected chi connectivity index (χ4v) is 6.13. The van der Waals surface area contributed by atoms with Crippen LogP contribution in [0.2, 0.25) is 0 Å². The Balaban J connectivity index is 1.25. The van der Waals surface area contributed by atoms with Crippen LogP contribution in [0, 0.1) is 5.92 Å². The molecule has 0 amide bonds. The molecule has 2 aliphatic rings. The molecule has 4 aromatic rings. The van der Waals surface area contributed by atoms with Crippen molar-refractivity contribution in [2.45, 2.75) is 76.1 Å². The first-order chi connectivity index (χ1) is 20.2. The third kappa shape index (κ3) is 6.05. The van der Waals surface area contributed by atoms with E-state index in [0.717, 1.165) is 21.6 Å². The van der Waals surface area contributed by atoms with Crippen LogP contribution in [0.4, 0.5) is 13.2 Å². The maximum Gasteiger partial charge on any atom is 0.408 e. The number of hydrogen-bond acceptors (Lipinski definition) is 5. The van der Waals surface area contributed by atoms with Crippen molar-refractivity contribution < 1.29 is 27.8 Å². The summed E-state index contributed by atoms with van der Waals surface area (Å²) in [4.78, 5) is 12.1. The molecule has 0 saturated heterocycles. The van der Waals surface area contributed by atoms with Crippen LogP contribution in [0.1, 0.15) is 79.0 Å². The summed E-state index contributed by atoms with van der Waals surface area (Å²) in [5, 5.41) is 21.9. The molecular formula is C31H32F3N5O3. The van der Waals surface area contributed by atoms with Gasteiger partial charge in [-0.15, -0.1) is 5.10 Å². The lowest BCUT2D eigenvalue weighted by atomic mass is 9.86. The highest BCUT2D eigenvalue weighted by Crippen LogP contribution is 2.55. The van der Waals surface area contributed by atoms with E-state index in [2.05, 4.69) is 22.3 Å². The number of rotatable bonds is 9. The van der Waals surface area contributed by atoms with E-state index in [0.29, 0.717) is 29.4 Å². The normalized spacial score (nSPS) is 19.9. The van der Waals surface area contributed by atoms with Crippen molar-refractivity contribution in [2.75, 3.05) is 0 Å². The molecule has 220 valence electrons. The van der Waals surface area contributed by atoms with E-state index >= 15 is 0 Å². The highest BCUT2D eigenvalue weighted by molar-refractivity contribution is 5.89. The van der Waals surface area contributed by atoms with E-state index in [4.69, 9.17) is 4.74 Å². The van der Waals surface area contributed by atoms with E-state index in [-0.39, 0.29) is 23.5 Å². The number of alkyl halides is 3. The third-order valence-electron chi connectivity index (χ3n) is 8.35. The largest absolute Gasteiger partial charge is 0.490 e. The van der Waals surface area contributed by atoms with Gasteiger partial charge in [-0.25, -0.2) is 14.2 Å². The molecule has 2 fully saturated rings. The highest BCUT2D eigenvalue weighted by atomic mass is 19.4. The summed E-state index contributed by atoms with van der Waals surface area (Å²) in [5.41, 5.74) is 3.52. The van der Waals surface area contributed by atoms with Gasteiger partial charge >= 0.3 is 12.1 Å². The molecule has 2 saturated carbocycles. The number of carboxylic acids is 1. The Morgan fingerprint density at radius 3 is 2.55 bits per heavy atom. The number of nitrogens with zero attached hydrogens (tertiary/aromatic N) is 5. The second kappa shape index (κ2) is 11.3. The fourth-order valence-electron chi connectivity index (χ4n) is 6.13. The van der Waals surface area contributed by atoms with Crippen molar-refractivity contribution >= 4 is 5.97 Å². The van der Waals surface area contributed by atoms with Gasteiger partial charge in [0.1, 0.15) is 17.9 Å². The Labute approximate surface area is 241 Å². The van der Waals surface area contributed by atoms with E-state index in [1.807, 2.05) is 48.5 Å². The average Bonchev–Trinajstić information content (AvgIpc) is 3.39. The number of carboxylic acid groups (broad SMARTS) is 1. The molecular weight excluding hydrogens is 547 g/mol. The van der Waals surface area contributed by atoms with Gasteiger partial charge in [-0.1, -0.05) is 48.7 Å². The number of aromatic carboxylic acids is 1. The summed E-state index contributed by atoms with van der Waals surface area (Å²) in [6.45, 7) is 0.915. The van der Waals surface area contributed by atoms with Crippen LogP contribution in [-0.2, 0) is 6.54 Å². The van der Waals surface area contributed by atoms with Crippen LogP contribution >= 0.6 is 0 Å². The summed E-state index contributed by atoms with van der Waals surface area (Å²) < 4.78 is 47.1. The lowest BCUT2D eigenvalue weighted by Gasteiger charge is -2.28. The highest BCUT2D eigenvalue weighted by Gasteiger charge is 2.46. The maximum atomic E-state index is 12.8. The topological polar surface area (TPSA) is 95.1 Å². The summed E-state index contributed by atoms with van der Waals surface area (Å²) in [6, 6.07) is 15.6. The lowest BCUT2D eigenvalue weighted by molar-refractivity contribution is -0.142. The minimum absolute atomic E-state index is 0.0580. The second-order valence-corrected chi connectivity index (χ2v) is 11.4. The predicted molar refractivity (Wildman–Crippen MR) is 149 cm³/mol. The first kappa shape index (κ1) is 28.0. The number of benzene rings is 2. The molecule has 6 rings (SSSR count). The number of ether oxygens (including phenoxy) is 1. The Kier molecular flexibility index (Phi) is 7.51. The van der Waals surface area contributed by atoms with E-state index in [1.165, 1.54) is 44.5 Å². The van der Waals surface area contributed by atoms with Crippen LogP contribution in [0.15, 0.2) is 60.9 Å². The van der Waals surface area contributed by atoms with Crippen LogP contribution in [-0.4, -0.2) is 48.1 Å². The van der Waals surface area contributed by atoms with Gasteiger partial charge in [-0.05, 0) is 67.5 Å². The summed E-state index contributed by atoms with van der Waals surface area (Å²) in [5.74, 6) is -0.258. The molecule has 1 N–H and O–H groups in total. The van der Waals surface area contributed by atoms with E-state index < -0.39 is 18.7 Å². The SMILES string of the molecule is C[C@H](Oc1cccc(-c2cccc(-n3ncc(C(=O)O)c3C3CC3c3cn(CC(F)(F)F)nn3)c2)c1)C1CCCCC1. The maximum absolute atomic E-state index is 12.8. The molecule has 0 bridgehead atoms. The van der Waals surface area contributed by atoms with Crippen molar-refractivity contribution in [3.63, 3.8) is 0 Å². The van der Waals surface area contributed by atoms with Crippen molar-refractivity contribution in [3.8, 4) is 22.6 Å². The molecule has 11 heteroatoms. The van der Waals surface area contributed by atoms with E-state index in [1.54, 1.807) is 4.68 Å². The summed E-state index contributed by atoms with van der Waals surface area (Å²) in [6.07, 6.45) is 5.06. The number of hydrogen-bond donors (Lipinski definition) is 1. The number of aromatic nitrogens is 5. The minimum Gasteiger partial charge on any atom is -0.490 e. The Morgan fingerprint density at radius 1 is 1.07 bits per heavy atom. The van der Waals surface area contributed by atoms with E-state index in [9.17, 15) is 23.1 Å². The molecule has 0 aliphatic heterocycles. The average molecular weight is 580 g/mol. The second-order valence-electron chi connectivity index (χ2n) is 11.4. The molecule has 0 spiro atoms. The van der Waals surface area contributed by atoms with Crippen molar-refractivity contribution in [1.82, 2.24) is 24.8 Å². The van der Waals surface area contributed by atoms with Gasteiger partial charge in [-0.2, -0.15) is 18.3 Å². The van der Waals surface area contributed by atoms with Gasteiger partial charge in [-0.3, -0.25) is 0 Å². The monoisotopic (exact) mass is 579 g/mol. The van der Waals surface area contributed by atoms with Gasteiger partial charge in [0.2, 0.25) is 0 Å². The lowest BCUT2D eigenvalue weighted by Crippen LogP contribution is -2.25. The zero-order chi connectivity index (χ0) is 29.4. The molecule has 2 aliphatic carbocycles. The number of halogens is 3. The zero-order valence-electron chi connectivity index (χ0n) is 23.2. The molecule has 0 radical (unpaired) electrons. The molecule has 42 heavy (non-hydrogen) atoms. The first-order valence-electron chi connectivity index (χ1n) is 14.3. The van der Waals surface area contributed by atoms with Crippen molar-refractivity contribution in [3.05, 3.63) is 77.9 Å². The molecule has 8 nitrogen and oxygen atoms in total. The first-order valence-corrected chi connectivity index (χ1v) is 14.3. The number of carbonyl (C=O) groups is 1. The molecule has 3 atom stereocenters. The van der Waals surface area contributed by atoms with Crippen LogP contribution < -0.4 is 4.74 Å². The molecule has 2 unspecified atom stereocenters. The van der Waals surface area contributed by atoms with Gasteiger partial charge in [0.25, 0.3) is 0 Å². The Hall–Kier alpha value is -4.15. The van der Waals surface area contributed by atoms with Gasteiger partial charge < -0.3 is 9.84 Å². The van der Waals surface area contributed by atoms with Crippen LogP contribution in [0.25, 0.3) is 16.8 Å².